The molecule has 0 bridgehead atoms. The van der Waals surface area contributed by atoms with Gasteiger partial charge in [0.05, 0.1) is 24.8 Å². The molecule has 0 radical (unpaired) electrons. The van der Waals surface area contributed by atoms with E-state index in [9.17, 15) is 21.6 Å². The molecule has 0 aliphatic heterocycles. The maximum Gasteiger partial charge on any atom is 0.453 e. The van der Waals surface area contributed by atoms with Crippen LogP contribution < -0.4 is 9.47 Å². The third-order valence-corrected chi connectivity index (χ3v) is 5.14. The molecule has 0 saturated heterocycles. The molecule has 11 heteroatoms. The predicted molar refractivity (Wildman–Crippen MR) is 98.0 cm³/mol. The Bertz CT molecular complexity index is 1140. The molecule has 154 valence electrons. The summed E-state index contributed by atoms with van der Waals surface area (Å²) in [5.41, 5.74) is 0.517. The second-order valence-electron chi connectivity index (χ2n) is 6.00. The highest BCUT2D eigenvalue weighted by Crippen LogP contribution is 2.34. The second-order valence-corrected chi connectivity index (χ2v) is 8.02. The van der Waals surface area contributed by atoms with Gasteiger partial charge in [-0.2, -0.15) is 13.2 Å². The number of rotatable bonds is 5. The van der Waals surface area contributed by atoms with Crippen LogP contribution >= 0.6 is 0 Å². The summed E-state index contributed by atoms with van der Waals surface area (Å²) in [4.78, 5) is 3.67. The van der Waals surface area contributed by atoms with Gasteiger partial charge in [-0.05, 0) is 42.5 Å². The van der Waals surface area contributed by atoms with Gasteiger partial charge < -0.3 is 9.47 Å². The molecule has 2 aromatic carbocycles. The zero-order valence-electron chi connectivity index (χ0n) is 15.6. The minimum Gasteiger partial charge on any atom is -0.493 e. The number of hydrogen-bond acceptors (Lipinski definition) is 6. The van der Waals surface area contributed by atoms with Crippen LogP contribution in [-0.4, -0.2) is 43.7 Å². The number of nitrogens with zero attached hydrogens (tertiary/aromatic N) is 3. The van der Waals surface area contributed by atoms with Crippen LogP contribution in [0, 0.1) is 0 Å². The molecule has 1 aromatic heterocycles. The van der Waals surface area contributed by atoms with Gasteiger partial charge in [-0.15, -0.1) is 5.10 Å². The summed E-state index contributed by atoms with van der Waals surface area (Å²) in [6.45, 7) is 0. The summed E-state index contributed by atoms with van der Waals surface area (Å²) in [5.74, 6) is -0.712. The molecule has 0 fully saturated rings. The molecule has 0 aliphatic rings. The van der Waals surface area contributed by atoms with Crippen molar-refractivity contribution in [1.82, 2.24) is 14.8 Å². The lowest BCUT2D eigenvalue weighted by molar-refractivity contribution is -0.144. The first-order valence-electron chi connectivity index (χ1n) is 8.11. The van der Waals surface area contributed by atoms with Crippen molar-refractivity contribution in [1.29, 1.82) is 0 Å². The van der Waals surface area contributed by atoms with Crippen LogP contribution in [0.4, 0.5) is 13.2 Å². The molecule has 0 spiro atoms. The Labute approximate surface area is 164 Å². The Morgan fingerprint density at radius 2 is 1.59 bits per heavy atom. The summed E-state index contributed by atoms with van der Waals surface area (Å²) < 4.78 is 74.3. The van der Waals surface area contributed by atoms with Crippen LogP contribution in [0.2, 0.25) is 0 Å². The molecule has 29 heavy (non-hydrogen) atoms. The Hall–Kier alpha value is -3.08. The lowest BCUT2D eigenvalue weighted by atomic mass is 10.2. The Balaban J connectivity index is 2.19. The van der Waals surface area contributed by atoms with Crippen LogP contribution in [0.15, 0.2) is 47.4 Å². The van der Waals surface area contributed by atoms with Crippen molar-refractivity contribution in [3.8, 4) is 28.6 Å². The number of halogens is 3. The SMILES string of the molecule is COc1ccc(-c2nc(C(F)(F)F)nn2-c2ccc(S(C)(=O)=O)cc2)cc1OC. The van der Waals surface area contributed by atoms with Gasteiger partial charge in [0, 0.05) is 11.8 Å². The van der Waals surface area contributed by atoms with Crippen molar-refractivity contribution in [2.75, 3.05) is 20.5 Å². The van der Waals surface area contributed by atoms with Crippen LogP contribution in [0.1, 0.15) is 5.82 Å². The predicted octanol–water partition coefficient (Wildman–Crippen LogP) is 3.37. The maximum atomic E-state index is 13.2. The summed E-state index contributed by atoms with van der Waals surface area (Å²) in [6.07, 6.45) is -3.72. The number of hydrogen-bond donors (Lipinski definition) is 0. The first-order chi connectivity index (χ1) is 13.5. The molecule has 0 unspecified atom stereocenters. The summed E-state index contributed by atoms with van der Waals surface area (Å²) >= 11 is 0. The summed E-state index contributed by atoms with van der Waals surface area (Å²) in [6, 6.07) is 9.82. The van der Waals surface area contributed by atoms with Crippen molar-refractivity contribution in [3.05, 3.63) is 48.3 Å². The van der Waals surface area contributed by atoms with Gasteiger partial charge in [-0.25, -0.2) is 18.1 Å². The van der Waals surface area contributed by atoms with Crippen molar-refractivity contribution >= 4 is 9.84 Å². The first-order valence-corrected chi connectivity index (χ1v) is 10.0. The summed E-state index contributed by atoms with van der Waals surface area (Å²) in [5, 5.41) is 3.58. The van der Waals surface area contributed by atoms with E-state index in [0.717, 1.165) is 10.9 Å². The molecule has 0 atom stereocenters. The fourth-order valence-electron chi connectivity index (χ4n) is 2.61. The fraction of sp³-hybridized carbons (Fsp3) is 0.222. The van der Waals surface area contributed by atoms with E-state index in [1.807, 2.05) is 0 Å². The average Bonchev–Trinajstić information content (AvgIpc) is 3.12. The average molecular weight is 427 g/mol. The Morgan fingerprint density at radius 3 is 2.10 bits per heavy atom. The van der Waals surface area contributed by atoms with E-state index in [1.54, 1.807) is 0 Å². The van der Waals surface area contributed by atoms with E-state index < -0.39 is 21.8 Å². The zero-order chi connectivity index (χ0) is 21.4. The largest absolute Gasteiger partial charge is 0.493 e. The highest BCUT2D eigenvalue weighted by atomic mass is 32.2. The van der Waals surface area contributed by atoms with Gasteiger partial charge in [0.1, 0.15) is 0 Å². The number of sulfone groups is 1. The van der Waals surface area contributed by atoms with E-state index in [0.29, 0.717) is 17.1 Å². The molecule has 7 nitrogen and oxygen atoms in total. The molecule has 1 heterocycles. The van der Waals surface area contributed by atoms with Gasteiger partial charge in [-0.1, -0.05) is 0 Å². The number of alkyl halides is 3. The number of aromatic nitrogens is 3. The minimum atomic E-state index is -4.76. The normalized spacial score (nSPS) is 12.1. The van der Waals surface area contributed by atoms with Crippen molar-refractivity contribution in [2.24, 2.45) is 0 Å². The Morgan fingerprint density at radius 1 is 0.966 bits per heavy atom. The molecule has 0 N–H and O–H groups in total. The quantitative estimate of drug-likeness (QED) is 0.621. The lowest BCUT2D eigenvalue weighted by Gasteiger charge is -2.10. The third-order valence-electron chi connectivity index (χ3n) is 4.01. The molecular formula is C18H16F3N3O4S. The van der Waals surface area contributed by atoms with Crippen LogP contribution in [0.3, 0.4) is 0 Å². The topological polar surface area (TPSA) is 83.3 Å². The second kappa shape index (κ2) is 7.39. The van der Waals surface area contributed by atoms with Gasteiger partial charge in [0.2, 0.25) is 0 Å². The molecular weight excluding hydrogens is 411 g/mol. The number of methoxy groups -OCH3 is 2. The molecule has 0 saturated carbocycles. The fourth-order valence-corrected chi connectivity index (χ4v) is 3.24. The van der Waals surface area contributed by atoms with Gasteiger partial charge in [0.15, 0.2) is 27.2 Å². The molecule has 3 aromatic rings. The minimum absolute atomic E-state index is 0.0325. The molecule has 0 aliphatic carbocycles. The van der Waals surface area contributed by atoms with E-state index >= 15 is 0 Å². The van der Waals surface area contributed by atoms with Crippen LogP contribution in [0.25, 0.3) is 17.1 Å². The van der Waals surface area contributed by atoms with Crippen molar-refractivity contribution < 1.29 is 31.1 Å². The van der Waals surface area contributed by atoms with Crippen molar-refractivity contribution in [2.45, 2.75) is 11.1 Å². The summed E-state index contributed by atoms with van der Waals surface area (Å²) in [7, 11) is -0.619. The van der Waals surface area contributed by atoms with Gasteiger partial charge in [-0.3, -0.25) is 0 Å². The highest BCUT2D eigenvalue weighted by molar-refractivity contribution is 7.90. The molecule has 3 rings (SSSR count). The van der Waals surface area contributed by atoms with E-state index in [-0.39, 0.29) is 16.4 Å². The van der Waals surface area contributed by atoms with E-state index in [2.05, 4.69) is 10.1 Å². The van der Waals surface area contributed by atoms with Crippen LogP contribution in [0.5, 0.6) is 11.5 Å². The van der Waals surface area contributed by atoms with Gasteiger partial charge in [0.25, 0.3) is 5.82 Å². The number of ether oxygens (including phenoxy) is 2. The monoisotopic (exact) mass is 427 g/mol. The lowest BCUT2D eigenvalue weighted by Crippen LogP contribution is -2.08. The smallest absolute Gasteiger partial charge is 0.453 e. The standard InChI is InChI=1S/C18H16F3N3O4S/c1-27-14-9-4-11(10-15(14)28-2)16-22-17(18(19,20)21)23-24(16)12-5-7-13(8-6-12)29(3,25)26/h4-10H,1-3H3. The number of benzene rings is 2. The van der Waals surface area contributed by atoms with Gasteiger partial charge >= 0.3 is 6.18 Å². The van der Waals surface area contributed by atoms with Crippen molar-refractivity contribution in [3.63, 3.8) is 0 Å². The zero-order valence-corrected chi connectivity index (χ0v) is 16.4. The first kappa shape index (κ1) is 20.6. The van der Waals surface area contributed by atoms with Crippen LogP contribution in [-0.2, 0) is 16.0 Å². The molecule has 0 amide bonds. The third kappa shape index (κ3) is 4.19. The Kier molecular flexibility index (Phi) is 5.26. The maximum absolute atomic E-state index is 13.2. The highest BCUT2D eigenvalue weighted by Gasteiger charge is 2.37. The van der Waals surface area contributed by atoms with E-state index in [1.165, 1.54) is 56.7 Å². The van der Waals surface area contributed by atoms with E-state index in [4.69, 9.17) is 9.47 Å².